The van der Waals surface area contributed by atoms with Crippen molar-refractivity contribution in [2.24, 2.45) is 0 Å². The van der Waals surface area contributed by atoms with Crippen LogP contribution in [-0.4, -0.2) is 40.5 Å². The normalized spacial score (nSPS) is 11.0. The highest BCUT2D eigenvalue weighted by Gasteiger charge is 2.11. The van der Waals surface area contributed by atoms with Crippen LogP contribution in [0.5, 0.6) is 6.01 Å². The number of hydrogen-bond acceptors (Lipinski definition) is 6. The largest absolute Gasteiger partial charge is 0.478 e. The Kier molecular flexibility index (Phi) is 4.14. The fourth-order valence-corrected chi connectivity index (χ4v) is 2.94. The van der Waals surface area contributed by atoms with E-state index in [1.165, 1.54) is 0 Å². The van der Waals surface area contributed by atoms with E-state index in [0.29, 0.717) is 18.8 Å². The molecule has 4 aromatic rings. The van der Waals surface area contributed by atoms with E-state index in [1.54, 1.807) is 4.68 Å². The molecule has 2 N–H and O–H groups in total. The molecule has 2 heterocycles. The van der Waals surface area contributed by atoms with Crippen molar-refractivity contribution >= 4 is 0 Å². The maximum atomic E-state index is 9.49. The first kappa shape index (κ1) is 15.9. The van der Waals surface area contributed by atoms with Gasteiger partial charge in [-0.05, 0) is 34.0 Å². The minimum Gasteiger partial charge on any atom is -0.478 e. The van der Waals surface area contributed by atoms with Gasteiger partial charge in [0.1, 0.15) is 5.82 Å². The van der Waals surface area contributed by atoms with Crippen molar-refractivity contribution in [3.8, 4) is 28.5 Å². The summed E-state index contributed by atoms with van der Waals surface area (Å²) in [6, 6.07) is 16.0. The summed E-state index contributed by atoms with van der Waals surface area (Å²) in [5.74, 6) is 1.38. The van der Waals surface area contributed by atoms with Gasteiger partial charge in [-0.1, -0.05) is 48.5 Å². The molecule has 0 radical (unpaired) electrons. The molecular weight excluding hydrogens is 330 g/mol. The Labute approximate surface area is 149 Å². The molecule has 0 atom stereocenters. The molecule has 4 rings (SSSR count). The number of hydrogen-bond donors (Lipinski definition) is 2. The van der Waals surface area contributed by atoms with Gasteiger partial charge in [0.15, 0.2) is 5.82 Å². The number of aromatic nitrogens is 7. The lowest BCUT2D eigenvalue weighted by atomic mass is 9.98. The lowest BCUT2D eigenvalue weighted by molar-refractivity contribution is 0.424. The number of nitrogens with zero attached hydrogens (tertiary/aromatic N) is 6. The minimum absolute atomic E-state index is 0.187. The number of aryl methyl sites for hydroxylation is 1. The van der Waals surface area contributed by atoms with E-state index in [0.717, 1.165) is 28.1 Å². The number of aromatic hydroxyl groups is 1. The van der Waals surface area contributed by atoms with Crippen molar-refractivity contribution in [3.63, 3.8) is 0 Å². The predicted octanol–water partition coefficient (Wildman–Crippen LogP) is 2.44. The van der Waals surface area contributed by atoms with Crippen molar-refractivity contribution < 1.29 is 5.11 Å². The van der Waals surface area contributed by atoms with Crippen LogP contribution in [0.2, 0.25) is 0 Å². The molecule has 0 unspecified atom stereocenters. The van der Waals surface area contributed by atoms with Crippen LogP contribution in [0.4, 0.5) is 0 Å². The molecule has 0 saturated carbocycles. The maximum absolute atomic E-state index is 9.49. The average Bonchev–Trinajstić information content (AvgIpc) is 3.32. The van der Waals surface area contributed by atoms with Crippen LogP contribution in [0.15, 0.2) is 48.5 Å². The highest BCUT2D eigenvalue weighted by atomic mass is 16.3. The SMILES string of the molecule is CCn1nc(O)nc1Cc1ccc(-c2ccccc2-c2nnn[nH]2)cc1. The van der Waals surface area contributed by atoms with E-state index >= 15 is 0 Å². The lowest BCUT2D eigenvalue weighted by Gasteiger charge is -2.08. The number of nitrogens with one attached hydrogen (secondary N) is 1. The third-order valence-corrected chi connectivity index (χ3v) is 4.19. The quantitative estimate of drug-likeness (QED) is 0.574. The summed E-state index contributed by atoms with van der Waals surface area (Å²) in [5, 5.41) is 27.6. The van der Waals surface area contributed by atoms with Crippen molar-refractivity contribution in [2.75, 3.05) is 0 Å². The Hall–Kier alpha value is -3.55. The smallest absolute Gasteiger partial charge is 0.333 e. The summed E-state index contributed by atoms with van der Waals surface area (Å²) >= 11 is 0. The molecule has 130 valence electrons. The van der Waals surface area contributed by atoms with Crippen molar-refractivity contribution in [1.29, 1.82) is 0 Å². The van der Waals surface area contributed by atoms with Crippen LogP contribution in [0.3, 0.4) is 0 Å². The second kappa shape index (κ2) is 6.75. The molecule has 0 fully saturated rings. The summed E-state index contributed by atoms with van der Waals surface area (Å²) in [4.78, 5) is 4.09. The van der Waals surface area contributed by atoms with Gasteiger partial charge in [-0.15, -0.1) is 10.2 Å². The summed E-state index contributed by atoms with van der Waals surface area (Å²) < 4.78 is 1.70. The third kappa shape index (κ3) is 3.04. The van der Waals surface area contributed by atoms with Gasteiger partial charge in [-0.3, -0.25) is 0 Å². The summed E-state index contributed by atoms with van der Waals surface area (Å²) in [6.45, 7) is 2.63. The standard InChI is InChI=1S/C18H17N7O/c1-2-25-16(19-18(26)22-25)11-12-7-9-13(10-8-12)14-5-3-4-6-15(14)17-20-23-24-21-17/h3-10H,2,11H2,1H3,(H,22,26)(H,20,21,23,24). The number of aromatic amines is 1. The zero-order chi connectivity index (χ0) is 17.9. The molecule has 2 aromatic carbocycles. The molecule has 8 heteroatoms. The molecule has 0 aliphatic rings. The number of H-pyrrole nitrogens is 1. The third-order valence-electron chi connectivity index (χ3n) is 4.19. The molecule has 0 spiro atoms. The molecule has 0 aliphatic heterocycles. The first-order valence-corrected chi connectivity index (χ1v) is 8.29. The highest BCUT2D eigenvalue weighted by Crippen LogP contribution is 2.29. The predicted molar refractivity (Wildman–Crippen MR) is 95.2 cm³/mol. The number of benzene rings is 2. The zero-order valence-corrected chi connectivity index (χ0v) is 14.2. The fraction of sp³-hybridized carbons (Fsp3) is 0.167. The molecule has 0 saturated heterocycles. The zero-order valence-electron chi connectivity index (χ0n) is 14.2. The molecular formula is C18H17N7O. The first-order chi connectivity index (χ1) is 12.7. The van der Waals surface area contributed by atoms with Gasteiger partial charge in [0.05, 0.1) is 0 Å². The Morgan fingerprint density at radius 1 is 1.04 bits per heavy atom. The van der Waals surface area contributed by atoms with E-state index in [1.807, 2.05) is 31.2 Å². The first-order valence-electron chi connectivity index (χ1n) is 8.29. The second-order valence-corrected chi connectivity index (χ2v) is 5.81. The van der Waals surface area contributed by atoms with Crippen molar-refractivity contribution in [2.45, 2.75) is 19.9 Å². The van der Waals surface area contributed by atoms with Crippen molar-refractivity contribution in [3.05, 3.63) is 59.9 Å². The van der Waals surface area contributed by atoms with Crippen LogP contribution in [0.25, 0.3) is 22.5 Å². The second-order valence-electron chi connectivity index (χ2n) is 5.81. The van der Waals surface area contributed by atoms with Gasteiger partial charge < -0.3 is 5.11 Å². The van der Waals surface area contributed by atoms with Crippen LogP contribution in [-0.2, 0) is 13.0 Å². The van der Waals surface area contributed by atoms with Gasteiger partial charge in [0.2, 0.25) is 0 Å². The summed E-state index contributed by atoms with van der Waals surface area (Å²) in [7, 11) is 0. The minimum atomic E-state index is -0.187. The van der Waals surface area contributed by atoms with Gasteiger partial charge in [-0.2, -0.15) is 4.98 Å². The molecule has 0 aliphatic carbocycles. The molecule has 26 heavy (non-hydrogen) atoms. The summed E-state index contributed by atoms with van der Waals surface area (Å²) in [6.07, 6.45) is 0.606. The van der Waals surface area contributed by atoms with Gasteiger partial charge in [0, 0.05) is 18.5 Å². The van der Waals surface area contributed by atoms with E-state index in [-0.39, 0.29) is 6.01 Å². The maximum Gasteiger partial charge on any atom is 0.333 e. The number of rotatable bonds is 5. The fourth-order valence-electron chi connectivity index (χ4n) is 2.94. The van der Waals surface area contributed by atoms with Gasteiger partial charge in [0.25, 0.3) is 0 Å². The van der Waals surface area contributed by atoms with Crippen molar-refractivity contribution in [1.82, 2.24) is 35.4 Å². The van der Waals surface area contributed by atoms with E-state index in [4.69, 9.17) is 0 Å². The Morgan fingerprint density at radius 2 is 1.81 bits per heavy atom. The highest BCUT2D eigenvalue weighted by molar-refractivity contribution is 5.80. The Balaban J connectivity index is 1.63. The lowest BCUT2D eigenvalue weighted by Crippen LogP contribution is -2.04. The van der Waals surface area contributed by atoms with E-state index < -0.39 is 0 Å². The van der Waals surface area contributed by atoms with Gasteiger partial charge in [-0.25, -0.2) is 9.78 Å². The topological polar surface area (TPSA) is 105 Å². The average molecular weight is 347 g/mol. The van der Waals surface area contributed by atoms with E-state index in [2.05, 4.69) is 55.0 Å². The Bertz CT molecular complexity index is 1010. The number of tetrazole rings is 1. The van der Waals surface area contributed by atoms with Crippen LogP contribution < -0.4 is 0 Å². The molecule has 8 nitrogen and oxygen atoms in total. The van der Waals surface area contributed by atoms with E-state index in [9.17, 15) is 5.11 Å². The molecule has 0 amide bonds. The molecule has 0 bridgehead atoms. The van der Waals surface area contributed by atoms with Crippen LogP contribution in [0, 0.1) is 0 Å². The monoisotopic (exact) mass is 347 g/mol. The summed E-state index contributed by atoms with van der Waals surface area (Å²) in [5.41, 5.74) is 4.16. The Morgan fingerprint density at radius 3 is 2.50 bits per heavy atom. The van der Waals surface area contributed by atoms with Gasteiger partial charge >= 0.3 is 6.01 Å². The van der Waals surface area contributed by atoms with Crippen LogP contribution in [0.1, 0.15) is 18.3 Å². The van der Waals surface area contributed by atoms with Crippen LogP contribution >= 0.6 is 0 Å². The molecule has 2 aromatic heterocycles.